The molecule has 3 aromatic rings. The summed E-state index contributed by atoms with van der Waals surface area (Å²) in [5, 5.41) is 43.6. The van der Waals surface area contributed by atoms with E-state index in [2.05, 4.69) is 29.6 Å². The molecule has 7 nitrogen and oxygen atoms in total. The third kappa shape index (κ3) is 5.99. The Balaban J connectivity index is 1.27. The van der Waals surface area contributed by atoms with E-state index in [-0.39, 0.29) is 13.2 Å². The van der Waals surface area contributed by atoms with Gasteiger partial charge in [-0.2, -0.15) is 0 Å². The molecule has 1 aliphatic heterocycles. The highest BCUT2D eigenvalue weighted by Crippen LogP contribution is 2.27. The van der Waals surface area contributed by atoms with Crippen LogP contribution >= 0.6 is 11.6 Å². The third-order valence-corrected chi connectivity index (χ3v) is 6.59. The number of likely N-dealkylation sites (tertiary alicyclic amines) is 1. The fourth-order valence-electron chi connectivity index (χ4n) is 4.41. The van der Waals surface area contributed by atoms with E-state index in [0.717, 1.165) is 35.5 Å². The van der Waals surface area contributed by atoms with Gasteiger partial charge in [0, 0.05) is 35.9 Å². The molecule has 2 aromatic carbocycles. The highest BCUT2D eigenvalue weighted by molar-refractivity contribution is 6.31. The Morgan fingerprint density at radius 1 is 0.971 bits per heavy atom. The number of aliphatic hydroxyl groups is 4. The Bertz CT molecular complexity index is 1040. The van der Waals surface area contributed by atoms with Crippen LogP contribution in [0.25, 0.3) is 11.3 Å². The van der Waals surface area contributed by atoms with Gasteiger partial charge in [0.1, 0.15) is 18.0 Å². The molecule has 4 atom stereocenters. The summed E-state index contributed by atoms with van der Waals surface area (Å²) >= 11 is 6.27. The molecule has 182 valence electrons. The van der Waals surface area contributed by atoms with Crippen LogP contribution in [0.2, 0.25) is 5.02 Å². The van der Waals surface area contributed by atoms with Crippen LogP contribution in [-0.4, -0.2) is 75.9 Å². The van der Waals surface area contributed by atoms with Crippen LogP contribution in [0.1, 0.15) is 11.1 Å². The summed E-state index contributed by atoms with van der Waals surface area (Å²) in [6.07, 6.45) is -0.229. The summed E-state index contributed by atoms with van der Waals surface area (Å²) in [4.78, 5) is 1.84. The number of nitrogens with one attached hydrogen (secondary N) is 1. The number of halogens is 1. The topological polar surface area (TPSA) is 109 Å². The molecule has 0 bridgehead atoms. The van der Waals surface area contributed by atoms with E-state index in [1.54, 1.807) is 6.26 Å². The molecule has 0 amide bonds. The van der Waals surface area contributed by atoms with Gasteiger partial charge >= 0.3 is 0 Å². The van der Waals surface area contributed by atoms with Gasteiger partial charge in [-0.3, -0.25) is 4.90 Å². The van der Waals surface area contributed by atoms with Crippen molar-refractivity contribution < 1.29 is 24.8 Å². The lowest BCUT2D eigenvalue weighted by molar-refractivity contribution is -0.144. The minimum Gasteiger partial charge on any atom is -0.464 e. The molecular formula is C26H31ClN2O5. The Kier molecular flexibility index (Phi) is 8.26. The molecule has 4 rings (SSSR count). The summed E-state index contributed by atoms with van der Waals surface area (Å²) in [6, 6.07) is 17.3. The Morgan fingerprint density at radius 3 is 2.38 bits per heavy atom. The summed E-state index contributed by atoms with van der Waals surface area (Å²) in [5.74, 6) is 0.774. The van der Waals surface area contributed by atoms with Crippen LogP contribution in [0.4, 0.5) is 5.69 Å². The van der Waals surface area contributed by atoms with E-state index < -0.39 is 24.4 Å². The first-order valence-electron chi connectivity index (χ1n) is 11.5. The number of benzene rings is 2. The number of hydrogen-bond donors (Lipinski definition) is 5. The van der Waals surface area contributed by atoms with Crippen molar-refractivity contribution in [1.29, 1.82) is 0 Å². The van der Waals surface area contributed by atoms with Crippen LogP contribution < -0.4 is 5.32 Å². The molecule has 1 saturated heterocycles. The summed E-state index contributed by atoms with van der Waals surface area (Å²) in [7, 11) is 0. The molecule has 0 spiro atoms. The zero-order valence-corrected chi connectivity index (χ0v) is 19.6. The normalized spacial score (nSPS) is 23.2. The van der Waals surface area contributed by atoms with E-state index in [1.165, 1.54) is 5.56 Å². The van der Waals surface area contributed by atoms with Crippen LogP contribution in [0, 0.1) is 0 Å². The van der Waals surface area contributed by atoms with Crippen LogP contribution in [0.3, 0.4) is 0 Å². The first-order chi connectivity index (χ1) is 16.4. The zero-order valence-electron chi connectivity index (χ0n) is 18.8. The highest BCUT2D eigenvalue weighted by Gasteiger charge is 2.40. The van der Waals surface area contributed by atoms with Crippen molar-refractivity contribution in [1.82, 2.24) is 4.90 Å². The van der Waals surface area contributed by atoms with Crippen molar-refractivity contribution >= 4 is 17.3 Å². The molecule has 1 aromatic heterocycles. The van der Waals surface area contributed by atoms with Crippen LogP contribution in [-0.2, 0) is 12.8 Å². The van der Waals surface area contributed by atoms with Gasteiger partial charge < -0.3 is 30.2 Å². The Hall–Kier alpha value is -2.39. The molecule has 8 heteroatoms. The number of piperidine rings is 1. The van der Waals surface area contributed by atoms with Crippen LogP contribution in [0.5, 0.6) is 0 Å². The fourth-order valence-corrected chi connectivity index (χ4v) is 4.64. The van der Waals surface area contributed by atoms with Crippen molar-refractivity contribution in [2.45, 2.75) is 37.2 Å². The molecule has 0 saturated carbocycles. The number of furan rings is 1. The molecule has 0 radical (unpaired) electrons. The predicted octanol–water partition coefficient (Wildman–Crippen LogP) is 2.56. The van der Waals surface area contributed by atoms with E-state index in [0.29, 0.717) is 18.0 Å². The second-order valence-electron chi connectivity index (χ2n) is 8.74. The average molecular weight is 487 g/mol. The molecule has 2 heterocycles. The van der Waals surface area contributed by atoms with Gasteiger partial charge in [-0.1, -0.05) is 35.9 Å². The maximum atomic E-state index is 10.1. The van der Waals surface area contributed by atoms with Gasteiger partial charge in [-0.05, 0) is 54.3 Å². The predicted molar refractivity (Wildman–Crippen MR) is 132 cm³/mol. The number of anilines is 1. The number of aliphatic hydroxyl groups excluding tert-OH is 4. The lowest BCUT2D eigenvalue weighted by Gasteiger charge is -2.43. The standard InChI is InChI=1S/C26H31ClN2O5/c27-20-12-19(24-2-1-11-34-24)13-21(14-20)28-9-7-17-3-5-18(6-4-17)8-10-29-15-23(31)26(33)25(32)22(29)16-30/h1-6,11-14,22-23,25-26,28,30-33H,7-10,15-16H2/t22-,23+,25-,26-/m1/s1. The maximum absolute atomic E-state index is 10.1. The highest BCUT2D eigenvalue weighted by atomic mass is 35.5. The Labute approximate surface area is 204 Å². The van der Waals surface area contributed by atoms with Crippen LogP contribution in [0.15, 0.2) is 65.3 Å². The number of nitrogens with zero attached hydrogens (tertiary/aromatic N) is 1. The number of hydrogen-bond acceptors (Lipinski definition) is 7. The maximum Gasteiger partial charge on any atom is 0.133 e. The van der Waals surface area contributed by atoms with Crippen molar-refractivity contribution in [3.05, 3.63) is 77.0 Å². The van der Waals surface area contributed by atoms with Crippen molar-refractivity contribution in [2.75, 3.05) is 31.6 Å². The first kappa shape index (κ1) is 24.7. The third-order valence-electron chi connectivity index (χ3n) is 6.37. The summed E-state index contributed by atoms with van der Waals surface area (Å²) < 4.78 is 5.46. The molecule has 5 N–H and O–H groups in total. The van der Waals surface area contributed by atoms with Crippen molar-refractivity contribution in [3.8, 4) is 11.3 Å². The van der Waals surface area contributed by atoms with Gasteiger partial charge in [-0.25, -0.2) is 0 Å². The van der Waals surface area contributed by atoms with Gasteiger partial charge in [0.05, 0.1) is 25.0 Å². The summed E-state index contributed by atoms with van der Waals surface area (Å²) in [5.41, 5.74) is 4.19. The van der Waals surface area contributed by atoms with Gasteiger partial charge in [0.15, 0.2) is 0 Å². The molecular weight excluding hydrogens is 456 g/mol. The second-order valence-corrected chi connectivity index (χ2v) is 9.18. The second kappa shape index (κ2) is 11.4. The summed E-state index contributed by atoms with van der Waals surface area (Å²) in [6.45, 7) is 1.27. The molecule has 34 heavy (non-hydrogen) atoms. The lowest BCUT2D eigenvalue weighted by atomic mass is 9.93. The average Bonchev–Trinajstić information content (AvgIpc) is 3.37. The van der Waals surface area contributed by atoms with Gasteiger partial charge in [-0.15, -0.1) is 0 Å². The zero-order chi connectivity index (χ0) is 24.1. The Morgan fingerprint density at radius 2 is 1.71 bits per heavy atom. The molecule has 1 fully saturated rings. The van der Waals surface area contributed by atoms with Crippen molar-refractivity contribution in [2.24, 2.45) is 0 Å². The SMILES string of the molecule is OC[C@@H]1[C@@H](O)[C@H](O)[C@@H](O)CN1CCc1ccc(CCNc2cc(Cl)cc(-c3ccco3)c2)cc1. The van der Waals surface area contributed by atoms with E-state index in [4.69, 9.17) is 16.0 Å². The minimum atomic E-state index is -1.23. The quantitative estimate of drug-likeness (QED) is 0.316. The number of β-amino-alcohol motifs (C(OH)–C–C–N with tert-alkyl or cyclic N) is 1. The largest absolute Gasteiger partial charge is 0.464 e. The first-order valence-corrected chi connectivity index (χ1v) is 11.9. The fraction of sp³-hybridized carbons (Fsp3) is 0.385. The monoisotopic (exact) mass is 486 g/mol. The number of rotatable bonds is 9. The lowest BCUT2D eigenvalue weighted by Crippen LogP contribution is -2.62. The van der Waals surface area contributed by atoms with Gasteiger partial charge in [0.25, 0.3) is 0 Å². The smallest absolute Gasteiger partial charge is 0.133 e. The van der Waals surface area contributed by atoms with Crippen molar-refractivity contribution in [3.63, 3.8) is 0 Å². The molecule has 0 aliphatic carbocycles. The van der Waals surface area contributed by atoms with E-state index in [1.807, 2.05) is 35.2 Å². The van der Waals surface area contributed by atoms with E-state index in [9.17, 15) is 20.4 Å². The molecule has 1 aliphatic rings. The van der Waals surface area contributed by atoms with Gasteiger partial charge in [0.2, 0.25) is 0 Å². The molecule has 0 unspecified atom stereocenters. The minimum absolute atomic E-state index is 0.221. The van der Waals surface area contributed by atoms with E-state index >= 15 is 0 Å².